The number of hydrazine groups is 1. The zero-order valence-corrected chi connectivity index (χ0v) is 13.3. The van der Waals surface area contributed by atoms with Gasteiger partial charge in [0.15, 0.2) is 0 Å². The van der Waals surface area contributed by atoms with Gasteiger partial charge in [-0.25, -0.2) is 0 Å². The predicted molar refractivity (Wildman–Crippen MR) is 86.5 cm³/mol. The van der Waals surface area contributed by atoms with E-state index >= 15 is 0 Å². The fourth-order valence-corrected chi connectivity index (χ4v) is 3.77. The molecule has 1 aromatic carbocycles. The van der Waals surface area contributed by atoms with E-state index in [0.29, 0.717) is 5.92 Å². The van der Waals surface area contributed by atoms with Crippen molar-refractivity contribution in [3.8, 4) is 0 Å². The molecule has 0 radical (unpaired) electrons. The van der Waals surface area contributed by atoms with Crippen molar-refractivity contribution in [1.29, 1.82) is 0 Å². The molecular formula is C17H29N3. The second-order valence-electron chi connectivity index (χ2n) is 6.81. The molecule has 3 heteroatoms. The third-order valence-corrected chi connectivity index (χ3v) is 4.63. The highest BCUT2D eigenvalue weighted by atomic mass is 15.2. The zero-order valence-electron chi connectivity index (χ0n) is 13.3. The van der Waals surface area contributed by atoms with E-state index in [1.165, 1.54) is 30.5 Å². The summed E-state index contributed by atoms with van der Waals surface area (Å²) in [6.07, 6.45) is 3.90. The summed E-state index contributed by atoms with van der Waals surface area (Å²) in [5.74, 6) is 8.12. The van der Waals surface area contributed by atoms with E-state index in [-0.39, 0.29) is 6.04 Å². The number of hydrogen-bond acceptors (Lipinski definition) is 3. The van der Waals surface area contributed by atoms with Crippen LogP contribution in [-0.4, -0.2) is 14.1 Å². The van der Waals surface area contributed by atoms with Crippen molar-refractivity contribution >= 4 is 5.69 Å². The molecule has 0 saturated heterocycles. The third-order valence-electron chi connectivity index (χ3n) is 4.63. The quantitative estimate of drug-likeness (QED) is 0.654. The molecule has 112 valence electrons. The number of anilines is 1. The Morgan fingerprint density at radius 3 is 2.05 bits per heavy atom. The Kier molecular flexibility index (Phi) is 5.06. The maximum absolute atomic E-state index is 5.86. The lowest BCUT2D eigenvalue weighted by molar-refractivity contribution is 0.177. The SMILES string of the molecule is CC1CC(C)CC(C(NN)c2ccc(N(C)C)cc2)C1. The monoisotopic (exact) mass is 275 g/mol. The standard InChI is InChI=1S/C17H29N3/c1-12-9-13(2)11-15(10-12)17(19-18)14-5-7-16(8-6-14)20(3)4/h5-8,12-13,15,17,19H,9-11,18H2,1-4H3. The highest BCUT2D eigenvalue weighted by Gasteiger charge is 2.30. The topological polar surface area (TPSA) is 41.3 Å². The van der Waals surface area contributed by atoms with Crippen LogP contribution in [0.3, 0.4) is 0 Å². The normalized spacial score (nSPS) is 28.1. The van der Waals surface area contributed by atoms with Crippen molar-refractivity contribution in [2.24, 2.45) is 23.6 Å². The highest BCUT2D eigenvalue weighted by molar-refractivity contribution is 5.46. The third kappa shape index (κ3) is 3.53. The van der Waals surface area contributed by atoms with Crippen LogP contribution < -0.4 is 16.2 Å². The minimum Gasteiger partial charge on any atom is -0.378 e. The molecule has 3 atom stereocenters. The first-order valence-electron chi connectivity index (χ1n) is 7.74. The average Bonchev–Trinajstić information content (AvgIpc) is 2.39. The zero-order chi connectivity index (χ0) is 14.7. The summed E-state index contributed by atoms with van der Waals surface area (Å²) in [5.41, 5.74) is 5.61. The van der Waals surface area contributed by atoms with Gasteiger partial charge >= 0.3 is 0 Å². The first-order valence-corrected chi connectivity index (χ1v) is 7.74. The Hall–Kier alpha value is -1.06. The molecule has 3 unspecified atom stereocenters. The summed E-state index contributed by atoms with van der Waals surface area (Å²) in [5, 5.41) is 0. The van der Waals surface area contributed by atoms with Gasteiger partial charge in [-0.1, -0.05) is 26.0 Å². The smallest absolute Gasteiger partial charge is 0.0488 e. The number of rotatable bonds is 4. The molecule has 1 fully saturated rings. The Bertz CT molecular complexity index is 403. The fourth-order valence-electron chi connectivity index (χ4n) is 3.77. The minimum absolute atomic E-state index is 0.274. The molecule has 1 aliphatic carbocycles. The Labute approximate surface area is 123 Å². The summed E-state index contributed by atoms with van der Waals surface area (Å²) in [4.78, 5) is 2.12. The van der Waals surface area contributed by atoms with E-state index in [1.54, 1.807) is 0 Å². The van der Waals surface area contributed by atoms with E-state index < -0.39 is 0 Å². The van der Waals surface area contributed by atoms with Crippen molar-refractivity contribution in [2.45, 2.75) is 39.2 Å². The summed E-state index contributed by atoms with van der Waals surface area (Å²) >= 11 is 0. The lowest BCUT2D eigenvalue weighted by Gasteiger charge is -2.36. The number of nitrogens with two attached hydrogens (primary N) is 1. The summed E-state index contributed by atoms with van der Waals surface area (Å²) in [7, 11) is 4.14. The van der Waals surface area contributed by atoms with Gasteiger partial charge in [0, 0.05) is 25.8 Å². The molecule has 1 aliphatic rings. The van der Waals surface area contributed by atoms with Crippen LogP contribution in [0.2, 0.25) is 0 Å². The van der Waals surface area contributed by atoms with Crippen LogP contribution in [0.15, 0.2) is 24.3 Å². The van der Waals surface area contributed by atoms with Crippen molar-refractivity contribution in [3.63, 3.8) is 0 Å². The van der Waals surface area contributed by atoms with Crippen LogP contribution in [0.1, 0.15) is 44.7 Å². The molecule has 0 bridgehead atoms. The van der Waals surface area contributed by atoms with Crippen LogP contribution in [0.5, 0.6) is 0 Å². The van der Waals surface area contributed by atoms with Gasteiger partial charge in [0.1, 0.15) is 0 Å². The summed E-state index contributed by atoms with van der Waals surface area (Å²) in [6, 6.07) is 9.05. The van der Waals surface area contributed by atoms with Crippen LogP contribution in [0.25, 0.3) is 0 Å². The second-order valence-corrected chi connectivity index (χ2v) is 6.81. The van der Waals surface area contributed by atoms with Gasteiger partial charge in [0.25, 0.3) is 0 Å². The molecule has 0 spiro atoms. The van der Waals surface area contributed by atoms with E-state index in [2.05, 4.69) is 62.5 Å². The van der Waals surface area contributed by atoms with Gasteiger partial charge < -0.3 is 4.90 Å². The van der Waals surface area contributed by atoms with Crippen LogP contribution in [0, 0.1) is 17.8 Å². The molecule has 3 N–H and O–H groups in total. The molecule has 3 nitrogen and oxygen atoms in total. The number of nitrogens with one attached hydrogen (secondary N) is 1. The molecular weight excluding hydrogens is 246 g/mol. The number of hydrogen-bond donors (Lipinski definition) is 2. The molecule has 2 rings (SSSR count). The lowest BCUT2D eigenvalue weighted by atomic mass is 9.72. The number of benzene rings is 1. The van der Waals surface area contributed by atoms with Gasteiger partial charge in [-0.2, -0.15) is 0 Å². The maximum atomic E-state index is 5.86. The minimum atomic E-state index is 0.274. The molecule has 0 aromatic heterocycles. The van der Waals surface area contributed by atoms with Crippen molar-refractivity contribution in [2.75, 3.05) is 19.0 Å². The Balaban J connectivity index is 2.14. The maximum Gasteiger partial charge on any atom is 0.0488 e. The predicted octanol–water partition coefficient (Wildman–Crippen LogP) is 3.33. The van der Waals surface area contributed by atoms with Crippen LogP contribution in [-0.2, 0) is 0 Å². The van der Waals surface area contributed by atoms with Gasteiger partial charge in [-0.15, -0.1) is 0 Å². The van der Waals surface area contributed by atoms with Gasteiger partial charge in [-0.3, -0.25) is 11.3 Å². The second kappa shape index (κ2) is 6.59. The molecule has 0 amide bonds. The van der Waals surface area contributed by atoms with Crippen molar-refractivity contribution < 1.29 is 0 Å². The largest absolute Gasteiger partial charge is 0.378 e. The first-order chi connectivity index (χ1) is 9.51. The average molecular weight is 275 g/mol. The first kappa shape index (κ1) is 15.3. The van der Waals surface area contributed by atoms with E-state index in [1.807, 2.05) is 0 Å². The van der Waals surface area contributed by atoms with Gasteiger partial charge in [-0.05, 0) is 54.7 Å². The molecule has 0 aliphatic heterocycles. The summed E-state index contributed by atoms with van der Waals surface area (Å²) < 4.78 is 0. The summed E-state index contributed by atoms with van der Waals surface area (Å²) in [6.45, 7) is 4.73. The Morgan fingerprint density at radius 2 is 1.60 bits per heavy atom. The van der Waals surface area contributed by atoms with E-state index in [0.717, 1.165) is 11.8 Å². The van der Waals surface area contributed by atoms with Crippen LogP contribution >= 0.6 is 0 Å². The molecule has 20 heavy (non-hydrogen) atoms. The number of nitrogens with zero attached hydrogens (tertiary/aromatic N) is 1. The fraction of sp³-hybridized carbons (Fsp3) is 0.647. The van der Waals surface area contributed by atoms with Gasteiger partial charge in [0.05, 0.1) is 0 Å². The van der Waals surface area contributed by atoms with Gasteiger partial charge in [0.2, 0.25) is 0 Å². The van der Waals surface area contributed by atoms with Crippen molar-refractivity contribution in [3.05, 3.63) is 29.8 Å². The molecule has 0 heterocycles. The van der Waals surface area contributed by atoms with E-state index in [9.17, 15) is 0 Å². The molecule has 1 saturated carbocycles. The highest BCUT2D eigenvalue weighted by Crippen LogP contribution is 2.39. The van der Waals surface area contributed by atoms with E-state index in [4.69, 9.17) is 5.84 Å². The van der Waals surface area contributed by atoms with Crippen molar-refractivity contribution in [1.82, 2.24) is 5.43 Å². The van der Waals surface area contributed by atoms with Crippen LogP contribution in [0.4, 0.5) is 5.69 Å². The molecule has 1 aromatic rings. The lowest BCUT2D eigenvalue weighted by Crippen LogP contribution is -2.37. The Morgan fingerprint density at radius 1 is 1.05 bits per heavy atom.